The summed E-state index contributed by atoms with van der Waals surface area (Å²) >= 11 is 3.23. The molecule has 0 fully saturated rings. The minimum atomic E-state index is -4.03. The molecule has 0 aliphatic carbocycles. The molecule has 3 N–H and O–H groups in total. The quantitative estimate of drug-likeness (QED) is 0.827. The van der Waals surface area contributed by atoms with E-state index >= 15 is 0 Å². The lowest BCUT2D eigenvalue weighted by molar-refractivity contribution is 0.570. The number of hydrogen-bond acceptors (Lipinski definition) is 3. The lowest BCUT2D eigenvalue weighted by Crippen LogP contribution is -2.15. The van der Waals surface area contributed by atoms with Gasteiger partial charge in [0.15, 0.2) is 0 Å². The van der Waals surface area contributed by atoms with E-state index in [1.807, 2.05) is 0 Å². The van der Waals surface area contributed by atoms with Crippen molar-refractivity contribution in [3.8, 4) is 0 Å². The van der Waals surface area contributed by atoms with Gasteiger partial charge in [0.1, 0.15) is 10.7 Å². The van der Waals surface area contributed by atoms with Crippen LogP contribution in [0.3, 0.4) is 0 Å². The Labute approximate surface area is 125 Å². The summed E-state index contributed by atoms with van der Waals surface area (Å²) in [5.74, 6) is -0.834. The Balaban J connectivity index is 2.43. The fourth-order valence-electron chi connectivity index (χ4n) is 1.64. The molecule has 20 heavy (non-hydrogen) atoms. The van der Waals surface area contributed by atoms with E-state index in [9.17, 15) is 12.8 Å². The van der Waals surface area contributed by atoms with E-state index in [0.717, 1.165) is 12.1 Å². The molecule has 0 unspecified atom stereocenters. The molecule has 0 aliphatic rings. The summed E-state index contributed by atoms with van der Waals surface area (Å²) in [4.78, 5) is -0.472. The van der Waals surface area contributed by atoms with E-state index in [4.69, 9.17) is 5.73 Å². The lowest BCUT2D eigenvalue weighted by Gasteiger charge is -2.11. The molecule has 4 nitrogen and oxygen atoms in total. The molecule has 0 aliphatic heterocycles. The van der Waals surface area contributed by atoms with Gasteiger partial charge in [-0.15, -0.1) is 0 Å². The van der Waals surface area contributed by atoms with E-state index < -0.39 is 20.7 Å². The Kier molecular flexibility index (Phi) is 4.01. The molecule has 2 rings (SSSR count). The fraction of sp³-hybridized carbons (Fsp3) is 0.0769. The summed E-state index contributed by atoms with van der Waals surface area (Å²) in [6.45, 7) is 1.61. The van der Waals surface area contributed by atoms with Crippen LogP contribution in [0, 0.1) is 12.7 Å². The molecular formula is C13H12BrFN2O2S. The molecule has 106 valence electrons. The van der Waals surface area contributed by atoms with Crippen LogP contribution in [0.5, 0.6) is 0 Å². The number of nitrogens with two attached hydrogens (primary N) is 1. The Morgan fingerprint density at radius 1 is 1.25 bits per heavy atom. The molecule has 0 bridgehead atoms. The van der Waals surface area contributed by atoms with Crippen molar-refractivity contribution in [2.75, 3.05) is 10.5 Å². The maximum Gasteiger partial charge on any atom is 0.264 e. The molecule has 2 aromatic rings. The summed E-state index contributed by atoms with van der Waals surface area (Å²) in [5.41, 5.74) is 6.68. The molecule has 0 radical (unpaired) electrons. The first-order valence-electron chi connectivity index (χ1n) is 5.63. The second kappa shape index (κ2) is 5.41. The Bertz CT molecular complexity index is 763. The highest BCUT2D eigenvalue weighted by Crippen LogP contribution is 2.24. The maximum absolute atomic E-state index is 13.8. The molecule has 0 aromatic heterocycles. The smallest absolute Gasteiger partial charge is 0.264 e. The van der Waals surface area contributed by atoms with Gasteiger partial charge in [0.2, 0.25) is 0 Å². The molecule has 0 atom stereocenters. The van der Waals surface area contributed by atoms with E-state index in [2.05, 4.69) is 20.7 Å². The molecule has 0 heterocycles. The SMILES string of the molecule is Cc1cc(F)c(S(=O)(=O)Nc2cccc(Br)c2)cc1N. The van der Waals surface area contributed by atoms with Gasteiger partial charge < -0.3 is 5.73 Å². The lowest BCUT2D eigenvalue weighted by atomic mass is 10.2. The summed E-state index contributed by atoms with van der Waals surface area (Å²) < 4.78 is 41.2. The fourth-order valence-corrected chi connectivity index (χ4v) is 3.18. The summed E-state index contributed by atoms with van der Waals surface area (Å²) in [5, 5.41) is 0. The van der Waals surface area contributed by atoms with Crippen molar-refractivity contribution in [2.24, 2.45) is 0 Å². The third kappa shape index (κ3) is 3.10. The number of benzene rings is 2. The largest absolute Gasteiger partial charge is 0.398 e. The predicted octanol–water partition coefficient (Wildman–Crippen LogP) is 3.28. The summed E-state index contributed by atoms with van der Waals surface area (Å²) in [7, 11) is -4.03. The third-order valence-corrected chi connectivity index (χ3v) is 4.58. The normalized spacial score (nSPS) is 11.3. The zero-order valence-corrected chi connectivity index (χ0v) is 12.9. The zero-order valence-electron chi connectivity index (χ0n) is 10.5. The number of nitrogens with one attached hydrogen (secondary N) is 1. The van der Waals surface area contributed by atoms with Crippen LogP contribution in [0.4, 0.5) is 15.8 Å². The second-order valence-electron chi connectivity index (χ2n) is 4.26. The number of rotatable bonds is 3. The average molecular weight is 359 g/mol. The third-order valence-electron chi connectivity index (χ3n) is 2.69. The van der Waals surface area contributed by atoms with Crippen molar-refractivity contribution in [3.63, 3.8) is 0 Å². The monoisotopic (exact) mass is 358 g/mol. The first kappa shape index (κ1) is 14.8. The van der Waals surface area contributed by atoms with Gasteiger partial charge in [-0.1, -0.05) is 22.0 Å². The number of sulfonamides is 1. The molecule has 0 spiro atoms. The molecule has 0 amide bonds. The van der Waals surface area contributed by atoms with Crippen molar-refractivity contribution in [3.05, 3.63) is 52.3 Å². The van der Waals surface area contributed by atoms with Crippen molar-refractivity contribution in [1.82, 2.24) is 0 Å². The van der Waals surface area contributed by atoms with Gasteiger partial charge in [0.05, 0.1) is 0 Å². The zero-order chi connectivity index (χ0) is 14.9. The van der Waals surface area contributed by atoms with Crippen LogP contribution >= 0.6 is 15.9 Å². The van der Waals surface area contributed by atoms with Crippen LogP contribution in [0.1, 0.15) is 5.56 Å². The number of anilines is 2. The molecule has 7 heteroatoms. The van der Waals surface area contributed by atoms with Crippen molar-refractivity contribution in [2.45, 2.75) is 11.8 Å². The van der Waals surface area contributed by atoms with Gasteiger partial charge in [0.25, 0.3) is 10.0 Å². The van der Waals surface area contributed by atoms with Gasteiger partial charge in [-0.2, -0.15) is 0 Å². The van der Waals surface area contributed by atoms with Crippen molar-refractivity contribution < 1.29 is 12.8 Å². The topological polar surface area (TPSA) is 72.2 Å². The second-order valence-corrected chi connectivity index (χ2v) is 6.82. The predicted molar refractivity (Wildman–Crippen MR) is 80.5 cm³/mol. The molecule has 0 saturated heterocycles. The molecule has 0 saturated carbocycles. The molecular weight excluding hydrogens is 347 g/mol. The van der Waals surface area contributed by atoms with Gasteiger partial charge in [-0.05, 0) is 42.8 Å². The minimum Gasteiger partial charge on any atom is -0.398 e. The van der Waals surface area contributed by atoms with E-state index in [1.54, 1.807) is 31.2 Å². The Hall–Kier alpha value is -1.60. The number of hydrogen-bond donors (Lipinski definition) is 2. The Morgan fingerprint density at radius 2 is 1.95 bits per heavy atom. The first-order chi connectivity index (χ1) is 9.29. The van der Waals surface area contributed by atoms with Gasteiger partial charge in [-0.3, -0.25) is 4.72 Å². The number of nitrogen functional groups attached to an aromatic ring is 1. The van der Waals surface area contributed by atoms with Crippen LogP contribution in [0.2, 0.25) is 0 Å². The van der Waals surface area contributed by atoms with Crippen LogP contribution in [0.25, 0.3) is 0 Å². The molecule has 2 aromatic carbocycles. The summed E-state index contributed by atoms with van der Waals surface area (Å²) in [6.07, 6.45) is 0. The Morgan fingerprint density at radius 3 is 2.60 bits per heavy atom. The van der Waals surface area contributed by atoms with E-state index in [0.29, 0.717) is 15.7 Å². The summed E-state index contributed by atoms with van der Waals surface area (Å²) in [6, 6.07) is 8.78. The maximum atomic E-state index is 13.8. The minimum absolute atomic E-state index is 0.223. The van der Waals surface area contributed by atoms with E-state index in [-0.39, 0.29) is 5.69 Å². The first-order valence-corrected chi connectivity index (χ1v) is 7.91. The van der Waals surface area contributed by atoms with Gasteiger partial charge in [0, 0.05) is 15.8 Å². The van der Waals surface area contributed by atoms with Crippen LogP contribution < -0.4 is 10.5 Å². The highest BCUT2D eigenvalue weighted by Gasteiger charge is 2.20. The standard InChI is InChI=1S/C13H12BrFN2O2S/c1-8-5-11(15)13(7-12(8)16)20(18,19)17-10-4-2-3-9(14)6-10/h2-7,17H,16H2,1H3. The number of halogens is 2. The highest BCUT2D eigenvalue weighted by atomic mass is 79.9. The van der Waals surface area contributed by atoms with Gasteiger partial charge >= 0.3 is 0 Å². The van der Waals surface area contributed by atoms with Crippen LogP contribution in [-0.2, 0) is 10.0 Å². The van der Waals surface area contributed by atoms with Crippen LogP contribution in [-0.4, -0.2) is 8.42 Å². The van der Waals surface area contributed by atoms with E-state index in [1.165, 1.54) is 0 Å². The van der Waals surface area contributed by atoms with Crippen molar-refractivity contribution in [1.29, 1.82) is 0 Å². The average Bonchev–Trinajstić information content (AvgIpc) is 2.33. The van der Waals surface area contributed by atoms with Crippen molar-refractivity contribution >= 4 is 37.3 Å². The van der Waals surface area contributed by atoms with Crippen LogP contribution in [0.15, 0.2) is 45.8 Å². The number of aryl methyl sites for hydroxylation is 1. The van der Waals surface area contributed by atoms with Gasteiger partial charge in [-0.25, -0.2) is 12.8 Å². The highest BCUT2D eigenvalue weighted by molar-refractivity contribution is 9.10.